The maximum absolute atomic E-state index is 11.1. The summed E-state index contributed by atoms with van der Waals surface area (Å²) in [6.07, 6.45) is 7.91. The first-order chi connectivity index (χ1) is 8.74. The Morgan fingerprint density at radius 2 is 2.00 bits per heavy atom. The smallest absolute Gasteiger partial charge is 0.330 e. The van der Waals surface area contributed by atoms with Crippen LogP contribution in [-0.2, 0) is 9.53 Å². The summed E-state index contributed by atoms with van der Waals surface area (Å²) in [5.74, 6) is -0.299. The Morgan fingerprint density at radius 3 is 2.61 bits per heavy atom. The molecule has 1 N–H and O–H groups in total. The van der Waals surface area contributed by atoms with Gasteiger partial charge in [0.05, 0.1) is 6.61 Å². The van der Waals surface area contributed by atoms with Crippen LogP contribution in [0.5, 0.6) is 0 Å². The fourth-order valence-corrected chi connectivity index (χ4v) is 1.70. The van der Waals surface area contributed by atoms with Crippen molar-refractivity contribution in [2.24, 2.45) is 0 Å². The van der Waals surface area contributed by atoms with Gasteiger partial charge in [-0.1, -0.05) is 32.3 Å². The summed E-state index contributed by atoms with van der Waals surface area (Å²) in [7, 11) is 0. The number of hydrogen-bond donors (Lipinski definition) is 1. The van der Waals surface area contributed by atoms with E-state index in [2.05, 4.69) is 11.8 Å². The largest absolute Gasteiger partial charge is 0.461 e. The lowest BCUT2D eigenvalue weighted by atomic mass is 10.2. The van der Waals surface area contributed by atoms with Crippen molar-refractivity contribution in [3.63, 3.8) is 0 Å². The first-order valence-electron chi connectivity index (χ1n) is 6.87. The molecule has 4 nitrogen and oxygen atoms in total. The van der Waals surface area contributed by atoms with Crippen LogP contribution in [-0.4, -0.2) is 48.8 Å². The average molecular weight is 257 g/mol. The Kier molecular flexibility index (Phi) is 12.0. The number of allylic oxidation sites excluding steroid dienone is 1. The molecule has 0 atom stereocenters. The van der Waals surface area contributed by atoms with Gasteiger partial charge in [-0.05, 0) is 19.9 Å². The van der Waals surface area contributed by atoms with E-state index in [0.29, 0.717) is 19.7 Å². The van der Waals surface area contributed by atoms with Gasteiger partial charge in [0.25, 0.3) is 0 Å². The minimum absolute atomic E-state index is 0.149. The molecule has 0 amide bonds. The molecular formula is C14H27NO3. The van der Waals surface area contributed by atoms with E-state index in [1.165, 1.54) is 25.3 Å². The maximum atomic E-state index is 11.1. The zero-order chi connectivity index (χ0) is 13.6. The van der Waals surface area contributed by atoms with Crippen LogP contribution >= 0.6 is 0 Å². The standard InChI is InChI=1S/C14H27NO3/c1-3-5-6-7-9-15(10-12-16)11-13-18-14(17)8-4-2/h4,8,16H,3,5-7,9-13H2,1-2H3/b8-4+. The van der Waals surface area contributed by atoms with Crippen LogP contribution in [0.3, 0.4) is 0 Å². The molecule has 106 valence electrons. The van der Waals surface area contributed by atoms with Crippen molar-refractivity contribution >= 4 is 5.97 Å². The topological polar surface area (TPSA) is 49.8 Å². The monoisotopic (exact) mass is 257 g/mol. The van der Waals surface area contributed by atoms with E-state index in [0.717, 1.165) is 13.0 Å². The third-order valence-corrected chi connectivity index (χ3v) is 2.70. The van der Waals surface area contributed by atoms with Crippen LogP contribution in [0.1, 0.15) is 39.5 Å². The fraction of sp³-hybridized carbons (Fsp3) is 0.786. The predicted molar refractivity (Wildman–Crippen MR) is 73.4 cm³/mol. The third-order valence-electron chi connectivity index (χ3n) is 2.70. The van der Waals surface area contributed by atoms with Crippen LogP contribution in [0, 0.1) is 0 Å². The Balaban J connectivity index is 3.71. The zero-order valence-electron chi connectivity index (χ0n) is 11.7. The second-order valence-corrected chi connectivity index (χ2v) is 4.29. The highest BCUT2D eigenvalue weighted by Gasteiger charge is 2.05. The predicted octanol–water partition coefficient (Wildman–Crippen LogP) is 1.98. The highest BCUT2D eigenvalue weighted by atomic mass is 16.5. The molecule has 0 aliphatic carbocycles. The maximum Gasteiger partial charge on any atom is 0.330 e. The number of hydrogen-bond acceptors (Lipinski definition) is 4. The van der Waals surface area contributed by atoms with Gasteiger partial charge in [-0.3, -0.25) is 4.90 Å². The van der Waals surface area contributed by atoms with E-state index in [9.17, 15) is 4.79 Å². The molecule has 0 aromatic rings. The minimum Gasteiger partial charge on any atom is -0.461 e. The summed E-state index contributed by atoms with van der Waals surface area (Å²) < 4.78 is 5.04. The third kappa shape index (κ3) is 10.3. The van der Waals surface area contributed by atoms with E-state index in [-0.39, 0.29) is 12.6 Å². The fourth-order valence-electron chi connectivity index (χ4n) is 1.70. The first-order valence-corrected chi connectivity index (χ1v) is 6.87. The highest BCUT2D eigenvalue weighted by molar-refractivity contribution is 5.81. The molecule has 0 fully saturated rings. The molecule has 0 heterocycles. The number of nitrogens with zero attached hydrogens (tertiary/aromatic N) is 1. The average Bonchev–Trinajstić information content (AvgIpc) is 2.35. The molecule has 18 heavy (non-hydrogen) atoms. The SMILES string of the molecule is C/C=C/C(=O)OCCN(CCO)CCCCCC. The van der Waals surface area contributed by atoms with Gasteiger partial charge in [-0.15, -0.1) is 0 Å². The van der Waals surface area contributed by atoms with E-state index in [1.54, 1.807) is 13.0 Å². The Bertz CT molecular complexity index is 229. The van der Waals surface area contributed by atoms with Crippen molar-refractivity contribution in [2.45, 2.75) is 39.5 Å². The summed E-state index contributed by atoms with van der Waals surface area (Å²) in [5, 5.41) is 8.97. The van der Waals surface area contributed by atoms with Crippen molar-refractivity contribution < 1.29 is 14.6 Å². The molecule has 0 spiro atoms. The molecular weight excluding hydrogens is 230 g/mol. The molecule has 0 aromatic carbocycles. The second-order valence-electron chi connectivity index (χ2n) is 4.29. The number of aliphatic hydroxyl groups is 1. The number of carbonyl (C=O) groups excluding carboxylic acids is 1. The highest BCUT2D eigenvalue weighted by Crippen LogP contribution is 2.01. The number of ether oxygens (including phenoxy) is 1. The van der Waals surface area contributed by atoms with Crippen LogP contribution in [0.25, 0.3) is 0 Å². The molecule has 0 saturated heterocycles. The van der Waals surface area contributed by atoms with Gasteiger partial charge in [-0.25, -0.2) is 4.79 Å². The van der Waals surface area contributed by atoms with Crippen molar-refractivity contribution in [2.75, 3.05) is 32.8 Å². The molecule has 0 radical (unpaired) electrons. The molecule has 0 unspecified atom stereocenters. The Morgan fingerprint density at radius 1 is 1.22 bits per heavy atom. The Labute approximate surface area is 111 Å². The first kappa shape index (κ1) is 17.1. The van der Waals surface area contributed by atoms with Crippen molar-refractivity contribution in [3.05, 3.63) is 12.2 Å². The summed E-state index contributed by atoms with van der Waals surface area (Å²) in [4.78, 5) is 13.2. The molecule has 4 heteroatoms. The number of esters is 1. The van der Waals surface area contributed by atoms with Gasteiger partial charge in [0.15, 0.2) is 0 Å². The number of carbonyl (C=O) groups is 1. The summed E-state index contributed by atoms with van der Waals surface area (Å²) in [5.41, 5.74) is 0. The molecule has 0 rings (SSSR count). The van der Waals surface area contributed by atoms with Crippen LogP contribution < -0.4 is 0 Å². The molecule has 0 aliphatic rings. The number of aliphatic hydroxyl groups excluding tert-OH is 1. The summed E-state index contributed by atoms with van der Waals surface area (Å²) in [6, 6.07) is 0. The summed E-state index contributed by atoms with van der Waals surface area (Å²) in [6.45, 7) is 6.80. The number of rotatable bonds is 11. The second kappa shape index (κ2) is 12.6. The quantitative estimate of drug-likeness (QED) is 0.349. The number of unbranched alkanes of at least 4 members (excludes halogenated alkanes) is 3. The molecule has 0 aromatic heterocycles. The zero-order valence-corrected chi connectivity index (χ0v) is 11.7. The lowest BCUT2D eigenvalue weighted by molar-refractivity contribution is -0.138. The van der Waals surface area contributed by atoms with E-state index in [1.807, 2.05) is 0 Å². The minimum atomic E-state index is -0.299. The van der Waals surface area contributed by atoms with Crippen LogP contribution in [0.4, 0.5) is 0 Å². The van der Waals surface area contributed by atoms with Crippen LogP contribution in [0.2, 0.25) is 0 Å². The van der Waals surface area contributed by atoms with E-state index < -0.39 is 0 Å². The molecule has 0 bridgehead atoms. The summed E-state index contributed by atoms with van der Waals surface area (Å²) >= 11 is 0. The normalized spacial score (nSPS) is 11.3. The van der Waals surface area contributed by atoms with Gasteiger partial charge in [-0.2, -0.15) is 0 Å². The van der Waals surface area contributed by atoms with Crippen LogP contribution in [0.15, 0.2) is 12.2 Å². The molecule has 0 saturated carbocycles. The van der Waals surface area contributed by atoms with Gasteiger partial charge in [0, 0.05) is 19.2 Å². The van der Waals surface area contributed by atoms with E-state index in [4.69, 9.17) is 9.84 Å². The van der Waals surface area contributed by atoms with Crippen molar-refractivity contribution in [3.8, 4) is 0 Å². The van der Waals surface area contributed by atoms with Gasteiger partial charge < -0.3 is 9.84 Å². The van der Waals surface area contributed by atoms with Gasteiger partial charge in [0.2, 0.25) is 0 Å². The van der Waals surface area contributed by atoms with Crippen molar-refractivity contribution in [1.29, 1.82) is 0 Å². The van der Waals surface area contributed by atoms with E-state index >= 15 is 0 Å². The lowest BCUT2D eigenvalue weighted by Gasteiger charge is -2.20. The molecule has 0 aliphatic heterocycles. The van der Waals surface area contributed by atoms with Crippen molar-refractivity contribution in [1.82, 2.24) is 4.90 Å². The van der Waals surface area contributed by atoms with Gasteiger partial charge in [0.1, 0.15) is 6.61 Å². The van der Waals surface area contributed by atoms with Gasteiger partial charge >= 0.3 is 5.97 Å². The lowest BCUT2D eigenvalue weighted by Crippen LogP contribution is -2.31. The Hall–Kier alpha value is -0.870.